The first-order chi connectivity index (χ1) is 9.11. The maximum atomic E-state index is 12.1. The number of ether oxygens (including phenoxy) is 1. The van der Waals surface area contributed by atoms with Crippen molar-refractivity contribution in [2.75, 3.05) is 6.54 Å². The van der Waals surface area contributed by atoms with Gasteiger partial charge in [-0.05, 0) is 31.4 Å². The van der Waals surface area contributed by atoms with Crippen LogP contribution in [0.1, 0.15) is 31.4 Å². The fourth-order valence-electron chi connectivity index (χ4n) is 2.28. The van der Waals surface area contributed by atoms with Crippen LogP contribution in [0.4, 0.5) is 0 Å². The Balaban J connectivity index is 1.94. The number of rotatable bonds is 4. The van der Waals surface area contributed by atoms with Crippen molar-refractivity contribution in [2.24, 2.45) is 5.73 Å². The number of hydrogen-bond acceptors (Lipinski definition) is 3. The Kier molecular flexibility index (Phi) is 4.96. The van der Waals surface area contributed by atoms with E-state index in [1.807, 2.05) is 31.2 Å². The molecule has 1 unspecified atom stereocenters. The molecule has 0 aromatic heterocycles. The van der Waals surface area contributed by atoms with E-state index in [0.717, 1.165) is 22.9 Å². The molecular formula is C14H19BrN2O2. The second-order valence-corrected chi connectivity index (χ2v) is 5.67. The zero-order valence-corrected chi connectivity index (χ0v) is 12.5. The molecule has 1 aromatic carbocycles. The standard InChI is InChI=1S/C14H19BrN2O2/c1-9(11-4-2-3-5-12(11)15)17-14(18)13-7-6-10(8-16)19-13/h2-5,9-10,13H,6-8,16H2,1H3,(H,17,18)/t9?,10-,13+/m1/s1. The van der Waals surface area contributed by atoms with E-state index in [2.05, 4.69) is 21.2 Å². The molecule has 3 N–H and O–H groups in total. The topological polar surface area (TPSA) is 64.4 Å². The smallest absolute Gasteiger partial charge is 0.249 e. The number of nitrogens with two attached hydrogens (primary N) is 1. The third-order valence-corrected chi connectivity index (χ3v) is 4.12. The molecule has 1 fully saturated rings. The summed E-state index contributed by atoms with van der Waals surface area (Å²) in [5.41, 5.74) is 6.60. The second-order valence-electron chi connectivity index (χ2n) is 4.81. The van der Waals surface area contributed by atoms with E-state index < -0.39 is 0 Å². The van der Waals surface area contributed by atoms with E-state index >= 15 is 0 Å². The number of benzene rings is 1. The molecule has 0 bridgehead atoms. The fraction of sp³-hybridized carbons (Fsp3) is 0.500. The largest absolute Gasteiger partial charge is 0.364 e. The van der Waals surface area contributed by atoms with Crippen LogP contribution in [-0.2, 0) is 9.53 Å². The molecule has 5 heteroatoms. The van der Waals surface area contributed by atoms with Crippen LogP contribution in [-0.4, -0.2) is 24.7 Å². The number of nitrogens with one attached hydrogen (secondary N) is 1. The average molecular weight is 327 g/mol. The molecule has 19 heavy (non-hydrogen) atoms. The molecule has 3 atom stereocenters. The van der Waals surface area contributed by atoms with Gasteiger partial charge in [0.25, 0.3) is 0 Å². The van der Waals surface area contributed by atoms with Crippen molar-refractivity contribution in [3.05, 3.63) is 34.3 Å². The van der Waals surface area contributed by atoms with E-state index in [1.54, 1.807) is 0 Å². The van der Waals surface area contributed by atoms with Crippen LogP contribution < -0.4 is 11.1 Å². The summed E-state index contributed by atoms with van der Waals surface area (Å²) >= 11 is 3.49. The molecule has 1 saturated heterocycles. The molecular weight excluding hydrogens is 308 g/mol. The Bertz CT molecular complexity index is 453. The van der Waals surface area contributed by atoms with Gasteiger partial charge in [-0.15, -0.1) is 0 Å². The highest BCUT2D eigenvalue weighted by Gasteiger charge is 2.30. The highest BCUT2D eigenvalue weighted by atomic mass is 79.9. The van der Waals surface area contributed by atoms with Gasteiger partial charge in [-0.25, -0.2) is 0 Å². The molecule has 104 valence electrons. The third kappa shape index (κ3) is 3.55. The molecule has 1 aromatic rings. The summed E-state index contributed by atoms with van der Waals surface area (Å²) in [4.78, 5) is 12.1. The Labute approximate surface area is 121 Å². The first kappa shape index (κ1) is 14.5. The summed E-state index contributed by atoms with van der Waals surface area (Å²) in [6, 6.07) is 7.82. The van der Waals surface area contributed by atoms with Crippen LogP contribution in [0, 0.1) is 0 Å². The Hall–Kier alpha value is -0.910. The highest BCUT2D eigenvalue weighted by Crippen LogP contribution is 2.24. The van der Waals surface area contributed by atoms with Crippen LogP contribution in [0.15, 0.2) is 28.7 Å². The van der Waals surface area contributed by atoms with Gasteiger partial charge in [0.15, 0.2) is 0 Å². The lowest BCUT2D eigenvalue weighted by Crippen LogP contribution is -2.37. The van der Waals surface area contributed by atoms with Crippen molar-refractivity contribution in [2.45, 2.75) is 38.0 Å². The van der Waals surface area contributed by atoms with Gasteiger partial charge in [0, 0.05) is 11.0 Å². The van der Waals surface area contributed by atoms with E-state index in [9.17, 15) is 4.79 Å². The summed E-state index contributed by atoms with van der Waals surface area (Å²) in [7, 11) is 0. The summed E-state index contributed by atoms with van der Waals surface area (Å²) in [6.07, 6.45) is 1.27. The molecule has 0 spiro atoms. The van der Waals surface area contributed by atoms with Gasteiger partial charge in [-0.2, -0.15) is 0 Å². The first-order valence-electron chi connectivity index (χ1n) is 6.52. The van der Waals surface area contributed by atoms with Gasteiger partial charge >= 0.3 is 0 Å². The molecule has 1 amide bonds. The van der Waals surface area contributed by atoms with E-state index in [4.69, 9.17) is 10.5 Å². The van der Waals surface area contributed by atoms with Crippen LogP contribution in [0.5, 0.6) is 0 Å². The van der Waals surface area contributed by atoms with Crippen LogP contribution in [0.2, 0.25) is 0 Å². The minimum atomic E-state index is -0.363. The minimum absolute atomic E-state index is 0.0227. The Morgan fingerprint density at radius 3 is 2.89 bits per heavy atom. The number of amides is 1. The van der Waals surface area contributed by atoms with Crippen molar-refractivity contribution in [3.63, 3.8) is 0 Å². The molecule has 0 saturated carbocycles. The van der Waals surface area contributed by atoms with Crippen molar-refractivity contribution in [1.82, 2.24) is 5.32 Å². The van der Waals surface area contributed by atoms with Crippen molar-refractivity contribution < 1.29 is 9.53 Å². The molecule has 0 aliphatic carbocycles. The lowest BCUT2D eigenvalue weighted by molar-refractivity contribution is -0.132. The van der Waals surface area contributed by atoms with E-state index in [1.165, 1.54) is 0 Å². The van der Waals surface area contributed by atoms with Gasteiger partial charge in [0.2, 0.25) is 5.91 Å². The van der Waals surface area contributed by atoms with Crippen LogP contribution in [0.3, 0.4) is 0 Å². The summed E-state index contributed by atoms with van der Waals surface area (Å²) in [5, 5.41) is 2.99. The maximum absolute atomic E-state index is 12.1. The molecule has 1 aliphatic rings. The molecule has 1 aliphatic heterocycles. The maximum Gasteiger partial charge on any atom is 0.249 e. The number of carbonyl (C=O) groups is 1. The van der Waals surface area contributed by atoms with E-state index in [-0.39, 0.29) is 24.2 Å². The summed E-state index contributed by atoms with van der Waals surface area (Å²) < 4.78 is 6.59. The van der Waals surface area contributed by atoms with Crippen molar-refractivity contribution in [1.29, 1.82) is 0 Å². The number of carbonyl (C=O) groups excluding carboxylic acids is 1. The fourth-order valence-corrected chi connectivity index (χ4v) is 2.91. The van der Waals surface area contributed by atoms with Crippen LogP contribution >= 0.6 is 15.9 Å². The van der Waals surface area contributed by atoms with E-state index in [0.29, 0.717) is 6.54 Å². The second kappa shape index (κ2) is 6.50. The predicted molar refractivity (Wildman–Crippen MR) is 77.6 cm³/mol. The number of halogens is 1. The zero-order chi connectivity index (χ0) is 13.8. The van der Waals surface area contributed by atoms with Crippen molar-refractivity contribution >= 4 is 21.8 Å². The van der Waals surface area contributed by atoms with Gasteiger partial charge in [-0.3, -0.25) is 4.79 Å². The molecule has 4 nitrogen and oxygen atoms in total. The summed E-state index contributed by atoms with van der Waals surface area (Å²) in [5.74, 6) is -0.0563. The van der Waals surface area contributed by atoms with Crippen molar-refractivity contribution in [3.8, 4) is 0 Å². The van der Waals surface area contributed by atoms with Gasteiger partial charge in [-0.1, -0.05) is 34.1 Å². The van der Waals surface area contributed by atoms with Gasteiger partial charge < -0.3 is 15.8 Å². The predicted octanol–water partition coefficient (Wildman–Crippen LogP) is 2.13. The first-order valence-corrected chi connectivity index (χ1v) is 7.31. The quantitative estimate of drug-likeness (QED) is 0.890. The molecule has 2 rings (SSSR count). The van der Waals surface area contributed by atoms with Crippen LogP contribution in [0.25, 0.3) is 0 Å². The molecule has 0 radical (unpaired) electrons. The lowest BCUT2D eigenvalue weighted by atomic mass is 10.1. The van der Waals surface area contributed by atoms with Gasteiger partial charge in [0.05, 0.1) is 12.1 Å². The van der Waals surface area contributed by atoms with Gasteiger partial charge in [0.1, 0.15) is 6.10 Å². The molecule has 1 heterocycles. The zero-order valence-electron chi connectivity index (χ0n) is 10.9. The highest BCUT2D eigenvalue weighted by molar-refractivity contribution is 9.10. The third-order valence-electron chi connectivity index (χ3n) is 3.39. The minimum Gasteiger partial charge on any atom is -0.364 e. The normalized spacial score (nSPS) is 24.2. The monoisotopic (exact) mass is 326 g/mol. The SMILES string of the molecule is CC(NC(=O)[C@@H]1CC[C@H](CN)O1)c1ccccc1Br. The Morgan fingerprint density at radius 1 is 1.53 bits per heavy atom. The average Bonchev–Trinajstić information content (AvgIpc) is 2.88. The summed E-state index contributed by atoms with van der Waals surface area (Å²) in [6.45, 7) is 2.44. The Morgan fingerprint density at radius 2 is 2.26 bits per heavy atom. The number of hydrogen-bond donors (Lipinski definition) is 2. The lowest BCUT2D eigenvalue weighted by Gasteiger charge is -2.19.